The Kier molecular flexibility index (Phi) is 6.35. The third-order valence-corrected chi connectivity index (χ3v) is 7.44. The number of rotatable bonds is 7. The van der Waals surface area contributed by atoms with Gasteiger partial charge in [-0.1, -0.05) is 78.3 Å². The zero-order valence-corrected chi connectivity index (χ0v) is 19.2. The average molecular weight is 467 g/mol. The van der Waals surface area contributed by atoms with E-state index in [1.165, 1.54) is 0 Å². The number of carbonyl (C=O) groups is 1. The van der Waals surface area contributed by atoms with Crippen LogP contribution in [0, 0.1) is 0 Å². The number of likely N-dealkylation sites (N-methyl/N-ethyl adjacent to an activating group) is 1. The van der Waals surface area contributed by atoms with Crippen molar-refractivity contribution in [2.45, 2.75) is 23.7 Å². The topological polar surface area (TPSA) is 59.4 Å². The molecule has 4 aromatic rings. The maximum atomic E-state index is 13.3. The minimum atomic E-state index is -3.68. The van der Waals surface area contributed by atoms with Crippen LogP contribution >= 0.6 is 11.6 Å². The lowest BCUT2D eigenvalue weighted by molar-refractivity contribution is -0.131. The molecule has 164 valence electrons. The highest BCUT2D eigenvalue weighted by molar-refractivity contribution is 7.90. The van der Waals surface area contributed by atoms with Crippen molar-refractivity contribution in [2.24, 2.45) is 0 Å². The van der Waals surface area contributed by atoms with Crippen LogP contribution in [-0.2, 0) is 33.5 Å². The monoisotopic (exact) mass is 466 g/mol. The van der Waals surface area contributed by atoms with Gasteiger partial charge in [0.05, 0.1) is 10.6 Å². The Hall–Kier alpha value is -3.09. The van der Waals surface area contributed by atoms with E-state index in [-0.39, 0.29) is 23.1 Å². The summed E-state index contributed by atoms with van der Waals surface area (Å²) in [6.45, 7) is 0.530. The first-order valence-corrected chi connectivity index (χ1v) is 12.2. The molecule has 0 saturated carbocycles. The second kappa shape index (κ2) is 9.18. The van der Waals surface area contributed by atoms with Crippen LogP contribution in [0.15, 0.2) is 90.0 Å². The van der Waals surface area contributed by atoms with E-state index in [9.17, 15) is 13.2 Å². The fraction of sp³-hybridized carbons (Fsp3) is 0.160. The smallest absolute Gasteiger partial charge is 0.242 e. The lowest BCUT2D eigenvalue weighted by Crippen LogP contribution is -2.29. The van der Waals surface area contributed by atoms with Gasteiger partial charge in [-0.25, -0.2) is 8.42 Å². The molecule has 0 aliphatic carbocycles. The molecule has 1 aromatic heterocycles. The Morgan fingerprint density at radius 1 is 0.938 bits per heavy atom. The SMILES string of the molecule is CN(Cc1ccccc1)C(=O)Cn1cc(S(=O)(=O)Cc2ccccc2Cl)c2ccccc21. The predicted octanol–water partition coefficient (Wildman–Crippen LogP) is 4.93. The standard InChI is InChI=1S/C25H23ClN2O3S/c1-27(15-19-9-3-2-4-10-19)25(29)17-28-16-24(21-12-6-8-14-23(21)28)32(30,31)18-20-11-5-7-13-22(20)26/h2-14,16H,15,17-18H2,1H3. The molecule has 0 fully saturated rings. The van der Waals surface area contributed by atoms with Gasteiger partial charge in [-0.15, -0.1) is 0 Å². The van der Waals surface area contributed by atoms with E-state index in [2.05, 4.69) is 0 Å². The second-order valence-corrected chi connectivity index (χ2v) is 10.1. The molecule has 4 rings (SSSR count). The summed E-state index contributed by atoms with van der Waals surface area (Å²) < 4.78 is 28.3. The number of carbonyl (C=O) groups excluding carboxylic acids is 1. The van der Waals surface area contributed by atoms with Crippen molar-refractivity contribution < 1.29 is 13.2 Å². The van der Waals surface area contributed by atoms with Crippen LogP contribution in [0.25, 0.3) is 10.9 Å². The summed E-state index contributed by atoms with van der Waals surface area (Å²) in [4.78, 5) is 14.7. The molecule has 1 heterocycles. The van der Waals surface area contributed by atoms with Gasteiger partial charge in [0.25, 0.3) is 0 Å². The van der Waals surface area contributed by atoms with Gasteiger partial charge in [-0.05, 0) is 23.3 Å². The second-order valence-electron chi connectivity index (χ2n) is 7.72. The van der Waals surface area contributed by atoms with E-state index in [0.717, 1.165) is 5.56 Å². The summed E-state index contributed by atoms with van der Waals surface area (Å²) in [6, 6.07) is 23.9. The Balaban J connectivity index is 1.63. The van der Waals surface area contributed by atoms with E-state index >= 15 is 0 Å². The normalized spacial score (nSPS) is 11.6. The van der Waals surface area contributed by atoms with Gasteiger partial charge in [0.15, 0.2) is 9.84 Å². The Labute approximate surface area is 192 Å². The summed E-state index contributed by atoms with van der Waals surface area (Å²) in [5, 5.41) is 1.01. The molecule has 32 heavy (non-hydrogen) atoms. The summed E-state index contributed by atoms with van der Waals surface area (Å²) in [5.41, 5.74) is 2.28. The number of benzene rings is 3. The number of fused-ring (bicyclic) bond motifs is 1. The Bertz CT molecular complexity index is 1360. The van der Waals surface area contributed by atoms with Crippen LogP contribution in [0.2, 0.25) is 5.02 Å². The summed E-state index contributed by atoms with van der Waals surface area (Å²) in [6.07, 6.45) is 1.56. The van der Waals surface area contributed by atoms with Crippen LogP contribution in [0.1, 0.15) is 11.1 Å². The van der Waals surface area contributed by atoms with Crippen molar-refractivity contribution >= 4 is 38.2 Å². The number of sulfone groups is 1. The quantitative estimate of drug-likeness (QED) is 0.388. The van der Waals surface area contributed by atoms with E-state index in [1.807, 2.05) is 42.5 Å². The van der Waals surface area contributed by atoms with Crippen LogP contribution in [0.4, 0.5) is 0 Å². The molecule has 0 atom stereocenters. The van der Waals surface area contributed by atoms with Crippen LogP contribution in [0.5, 0.6) is 0 Å². The summed E-state index contributed by atoms with van der Waals surface area (Å²) >= 11 is 6.19. The van der Waals surface area contributed by atoms with Crippen molar-refractivity contribution in [3.05, 3.63) is 101 Å². The number of amides is 1. The van der Waals surface area contributed by atoms with Crippen LogP contribution in [-0.4, -0.2) is 30.8 Å². The first-order chi connectivity index (χ1) is 15.3. The molecular formula is C25H23ClN2O3S. The summed E-state index contributed by atoms with van der Waals surface area (Å²) in [7, 11) is -1.93. The molecule has 0 bridgehead atoms. The first kappa shape index (κ1) is 22.1. The van der Waals surface area contributed by atoms with Crippen molar-refractivity contribution in [2.75, 3.05) is 7.05 Å². The number of halogens is 1. The van der Waals surface area contributed by atoms with Crippen molar-refractivity contribution in [3.8, 4) is 0 Å². The molecule has 7 heteroatoms. The molecule has 0 N–H and O–H groups in total. The lowest BCUT2D eigenvalue weighted by Gasteiger charge is -2.18. The molecule has 0 aliphatic rings. The molecular weight excluding hydrogens is 444 g/mol. The van der Waals surface area contributed by atoms with Gasteiger partial charge >= 0.3 is 0 Å². The fourth-order valence-corrected chi connectivity index (χ4v) is 5.60. The Morgan fingerprint density at radius 2 is 1.59 bits per heavy atom. The number of para-hydroxylation sites is 1. The molecule has 5 nitrogen and oxygen atoms in total. The van der Waals surface area contributed by atoms with Crippen LogP contribution in [0.3, 0.4) is 0 Å². The maximum absolute atomic E-state index is 13.3. The van der Waals surface area contributed by atoms with E-state index in [1.54, 1.807) is 59.1 Å². The minimum absolute atomic E-state index is 0.0471. The van der Waals surface area contributed by atoms with E-state index in [0.29, 0.717) is 28.0 Å². The van der Waals surface area contributed by atoms with Gasteiger partial charge < -0.3 is 9.47 Å². The van der Waals surface area contributed by atoms with Gasteiger partial charge in [-0.2, -0.15) is 0 Å². The zero-order chi connectivity index (χ0) is 22.7. The third kappa shape index (κ3) is 4.71. The van der Waals surface area contributed by atoms with E-state index < -0.39 is 9.84 Å². The first-order valence-electron chi connectivity index (χ1n) is 10.2. The molecule has 0 spiro atoms. The number of hydrogen-bond acceptors (Lipinski definition) is 3. The number of nitrogens with zero attached hydrogens (tertiary/aromatic N) is 2. The maximum Gasteiger partial charge on any atom is 0.242 e. The molecule has 1 amide bonds. The average Bonchev–Trinajstić information content (AvgIpc) is 3.15. The molecule has 0 saturated heterocycles. The van der Waals surface area contributed by atoms with Crippen molar-refractivity contribution in [3.63, 3.8) is 0 Å². The van der Waals surface area contributed by atoms with Gasteiger partial charge in [0, 0.05) is 35.7 Å². The number of aromatic nitrogens is 1. The van der Waals surface area contributed by atoms with Gasteiger partial charge in [0.2, 0.25) is 5.91 Å². The molecule has 0 aliphatic heterocycles. The van der Waals surface area contributed by atoms with Crippen molar-refractivity contribution in [1.29, 1.82) is 0 Å². The van der Waals surface area contributed by atoms with Crippen molar-refractivity contribution in [1.82, 2.24) is 9.47 Å². The predicted molar refractivity (Wildman–Crippen MR) is 127 cm³/mol. The zero-order valence-electron chi connectivity index (χ0n) is 17.6. The number of hydrogen-bond donors (Lipinski definition) is 0. The third-order valence-electron chi connectivity index (χ3n) is 5.38. The lowest BCUT2D eigenvalue weighted by atomic mass is 10.2. The van der Waals surface area contributed by atoms with Crippen LogP contribution < -0.4 is 0 Å². The van der Waals surface area contributed by atoms with E-state index in [4.69, 9.17) is 11.6 Å². The molecule has 0 unspecified atom stereocenters. The fourth-order valence-electron chi connectivity index (χ4n) is 3.70. The highest BCUT2D eigenvalue weighted by Gasteiger charge is 2.23. The highest BCUT2D eigenvalue weighted by atomic mass is 35.5. The highest BCUT2D eigenvalue weighted by Crippen LogP contribution is 2.29. The minimum Gasteiger partial charge on any atom is -0.340 e. The molecule has 3 aromatic carbocycles. The van der Waals surface area contributed by atoms with Gasteiger partial charge in [0.1, 0.15) is 6.54 Å². The van der Waals surface area contributed by atoms with Gasteiger partial charge in [-0.3, -0.25) is 4.79 Å². The Morgan fingerprint density at radius 3 is 2.34 bits per heavy atom. The summed E-state index contributed by atoms with van der Waals surface area (Å²) in [5.74, 6) is -0.313. The largest absolute Gasteiger partial charge is 0.340 e. The molecule has 0 radical (unpaired) electrons.